The van der Waals surface area contributed by atoms with Crippen molar-refractivity contribution in [3.63, 3.8) is 0 Å². The zero-order valence-corrected chi connectivity index (χ0v) is 8.27. The molecule has 0 saturated heterocycles. The van der Waals surface area contributed by atoms with Gasteiger partial charge < -0.3 is 9.36 Å². The number of likely N-dealkylation sites (N-methyl/N-ethyl adjacent to an activating group) is 1. The summed E-state index contributed by atoms with van der Waals surface area (Å²) in [4.78, 5) is 16.7. The number of rotatable bonds is 4. The smallest absolute Gasteiger partial charge is 0.137 e. The zero-order chi connectivity index (χ0) is 9.84. The van der Waals surface area contributed by atoms with Gasteiger partial charge in [-0.3, -0.25) is 4.90 Å². The van der Waals surface area contributed by atoms with E-state index in [1.165, 1.54) is 0 Å². The minimum atomic E-state index is -0.0742. The molecule has 13 heavy (non-hydrogen) atoms. The number of hydrogen-bond donors (Lipinski definition) is 0. The van der Waals surface area contributed by atoms with Gasteiger partial charge in [0.25, 0.3) is 0 Å². The minimum absolute atomic E-state index is 0.0742. The van der Waals surface area contributed by atoms with E-state index in [0.717, 1.165) is 12.0 Å². The minimum Gasteiger partial charge on any atom is -0.340 e. The molecule has 0 amide bonds. The first-order chi connectivity index (χ1) is 6.13. The molecule has 0 saturated carbocycles. The van der Waals surface area contributed by atoms with Crippen LogP contribution in [-0.4, -0.2) is 40.9 Å². The van der Waals surface area contributed by atoms with Crippen LogP contribution < -0.4 is 0 Å². The summed E-state index contributed by atoms with van der Waals surface area (Å²) in [6.45, 7) is 0. The Kier molecular flexibility index (Phi) is 3.19. The van der Waals surface area contributed by atoms with Gasteiger partial charge in [0.1, 0.15) is 6.29 Å². The third-order valence-electron chi connectivity index (χ3n) is 2.00. The Labute approximate surface area is 78.2 Å². The lowest BCUT2D eigenvalue weighted by Gasteiger charge is -2.16. The molecule has 1 aromatic rings. The highest BCUT2D eigenvalue weighted by Gasteiger charge is 2.11. The molecule has 1 atom stereocenters. The van der Waals surface area contributed by atoms with Crippen molar-refractivity contribution in [3.8, 4) is 0 Å². The van der Waals surface area contributed by atoms with Crippen molar-refractivity contribution in [1.29, 1.82) is 0 Å². The number of imidazole rings is 1. The molecule has 0 aliphatic carbocycles. The van der Waals surface area contributed by atoms with Crippen LogP contribution in [-0.2, 0) is 18.3 Å². The summed E-state index contributed by atoms with van der Waals surface area (Å²) in [7, 11) is 5.70. The zero-order valence-electron chi connectivity index (χ0n) is 8.27. The highest BCUT2D eigenvalue weighted by atomic mass is 16.1. The molecule has 0 fully saturated rings. The van der Waals surface area contributed by atoms with Crippen molar-refractivity contribution in [2.45, 2.75) is 12.5 Å². The van der Waals surface area contributed by atoms with Gasteiger partial charge in [0, 0.05) is 19.7 Å². The lowest BCUT2D eigenvalue weighted by Crippen LogP contribution is -2.31. The Hall–Kier alpha value is -1.16. The number of aromatic nitrogens is 2. The van der Waals surface area contributed by atoms with E-state index in [-0.39, 0.29) is 6.04 Å². The van der Waals surface area contributed by atoms with E-state index in [1.807, 2.05) is 36.8 Å². The molecule has 0 unspecified atom stereocenters. The molecule has 1 rings (SSSR count). The van der Waals surface area contributed by atoms with Gasteiger partial charge in [-0.2, -0.15) is 0 Å². The molecular weight excluding hydrogens is 166 g/mol. The summed E-state index contributed by atoms with van der Waals surface area (Å²) in [6.07, 6.45) is 5.30. The Morgan fingerprint density at radius 3 is 2.77 bits per heavy atom. The fourth-order valence-electron chi connectivity index (χ4n) is 1.14. The van der Waals surface area contributed by atoms with Gasteiger partial charge >= 0.3 is 0 Å². The topological polar surface area (TPSA) is 38.1 Å². The molecule has 1 heterocycles. The second-order valence-electron chi connectivity index (χ2n) is 3.40. The van der Waals surface area contributed by atoms with Gasteiger partial charge in [0.05, 0.1) is 18.1 Å². The average Bonchev–Trinajstić information content (AvgIpc) is 2.46. The molecule has 1 aromatic heterocycles. The molecule has 0 bridgehead atoms. The van der Waals surface area contributed by atoms with Crippen LogP contribution in [0.1, 0.15) is 5.69 Å². The molecular formula is C9H15N3O. The maximum Gasteiger partial charge on any atom is 0.137 e. The van der Waals surface area contributed by atoms with Crippen LogP contribution in [0.25, 0.3) is 0 Å². The molecule has 0 aliphatic rings. The molecule has 0 N–H and O–H groups in total. The second-order valence-corrected chi connectivity index (χ2v) is 3.40. The lowest BCUT2D eigenvalue weighted by molar-refractivity contribution is -0.111. The van der Waals surface area contributed by atoms with E-state index >= 15 is 0 Å². The van der Waals surface area contributed by atoms with Gasteiger partial charge in [0.2, 0.25) is 0 Å². The van der Waals surface area contributed by atoms with Crippen molar-refractivity contribution in [2.24, 2.45) is 7.05 Å². The number of hydrogen-bond acceptors (Lipinski definition) is 3. The summed E-state index contributed by atoms with van der Waals surface area (Å²) in [6, 6.07) is -0.0742. The first-order valence-corrected chi connectivity index (χ1v) is 4.22. The summed E-state index contributed by atoms with van der Waals surface area (Å²) < 4.78 is 1.88. The van der Waals surface area contributed by atoms with E-state index in [1.54, 1.807) is 6.33 Å². The number of carbonyl (C=O) groups excluding carboxylic acids is 1. The van der Waals surface area contributed by atoms with E-state index in [4.69, 9.17) is 0 Å². The first kappa shape index (κ1) is 9.92. The SMILES string of the molecule is CN(C)[C@H](C=O)Cc1cn(C)cn1. The van der Waals surface area contributed by atoms with Crippen molar-refractivity contribution in [1.82, 2.24) is 14.5 Å². The maximum atomic E-state index is 10.7. The van der Waals surface area contributed by atoms with Gasteiger partial charge in [0.15, 0.2) is 0 Å². The molecule has 0 aromatic carbocycles. The van der Waals surface area contributed by atoms with E-state index in [9.17, 15) is 4.79 Å². The molecule has 0 aliphatic heterocycles. The van der Waals surface area contributed by atoms with Crippen LogP contribution in [0.2, 0.25) is 0 Å². The van der Waals surface area contributed by atoms with E-state index in [2.05, 4.69) is 4.98 Å². The van der Waals surface area contributed by atoms with E-state index in [0.29, 0.717) is 6.42 Å². The highest BCUT2D eigenvalue weighted by Crippen LogP contribution is 2.01. The average molecular weight is 181 g/mol. The van der Waals surface area contributed by atoms with Gasteiger partial charge in [-0.15, -0.1) is 0 Å². The molecule has 0 spiro atoms. The van der Waals surface area contributed by atoms with Crippen LogP contribution >= 0.6 is 0 Å². The monoisotopic (exact) mass is 181 g/mol. The van der Waals surface area contributed by atoms with Crippen LogP contribution in [0, 0.1) is 0 Å². The normalized spacial score (nSPS) is 13.2. The standard InChI is InChI=1S/C9H15N3O/c1-11(2)9(6-13)4-8-5-12(3)7-10-8/h5-7,9H,4H2,1-3H3/t9-/m0/s1. The summed E-state index contributed by atoms with van der Waals surface area (Å²) >= 11 is 0. The summed E-state index contributed by atoms with van der Waals surface area (Å²) in [5, 5.41) is 0. The van der Waals surface area contributed by atoms with Crippen LogP contribution in [0.5, 0.6) is 0 Å². The van der Waals surface area contributed by atoms with Crippen LogP contribution in [0.3, 0.4) is 0 Å². The third-order valence-corrected chi connectivity index (χ3v) is 2.00. The fraction of sp³-hybridized carbons (Fsp3) is 0.556. The predicted molar refractivity (Wildman–Crippen MR) is 50.5 cm³/mol. The Morgan fingerprint density at radius 2 is 2.38 bits per heavy atom. The van der Waals surface area contributed by atoms with Gasteiger partial charge in [-0.1, -0.05) is 0 Å². The van der Waals surface area contributed by atoms with Gasteiger partial charge in [-0.05, 0) is 14.1 Å². The Bertz CT molecular complexity index is 280. The predicted octanol–water partition coefficient (Wildman–Crippen LogP) is 0.0917. The first-order valence-electron chi connectivity index (χ1n) is 4.22. The van der Waals surface area contributed by atoms with Crippen molar-refractivity contribution >= 4 is 6.29 Å². The molecule has 72 valence electrons. The third kappa shape index (κ3) is 2.66. The largest absolute Gasteiger partial charge is 0.340 e. The molecule has 0 radical (unpaired) electrons. The summed E-state index contributed by atoms with van der Waals surface area (Å²) in [5.41, 5.74) is 0.952. The summed E-state index contributed by atoms with van der Waals surface area (Å²) in [5.74, 6) is 0. The number of carbonyl (C=O) groups is 1. The lowest BCUT2D eigenvalue weighted by atomic mass is 10.2. The van der Waals surface area contributed by atoms with Crippen molar-refractivity contribution in [2.75, 3.05) is 14.1 Å². The number of aryl methyl sites for hydroxylation is 1. The molecule has 4 nitrogen and oxygen atoms in total. The molecule has 4 heteroatoms. The Balaban J connectivity index is 2.61. The Morgan fingerprint density at radius 1 is 1.69 bits per heavy atom. The fourth-order valence-corrected chi connectivity index (χ4v) is 1.14. The number of nitrogens with zero attached hydrogens (tertiary/aromatic N) is 3. The maximum absolute atomic E-state index is 10.7. The quantitative estimate of drug-likeness (QED) is 0.618. The second kappa shape index (κ2) is 4.18. The van der Waals surface area contributed by atoms with Crippen molar-refractivity contribution in [3.05, 3.63) is 18.2 Å². The van der Waals surface area contributed by atoms with Crippen molar-refractivity contribution < 1.29 is 4.79 Å². The van der Waals surface area contributed by atoms with Crippen LogP contribution in [0.15, 0.2) is 12.5 Å². The van der Waals surface area contributed by atoms with E-state index < -0.39 is 0 Å². The van der Waals surface area contributed by atoms with Crippen LogP contribution in [0.4, 0.5) is 0 Å². The van der Waals surface area contributed by atoms with Gasteiger partial charge in [-0.25, -0.2) is 4.98 Å². The number of aldehydes is 1. The highest BCUT2D eigenvalue weighted by molar-refractivity contribution is 5.58.